The first-order chi connectivity index (χ1) is 13.5. The predicted octanol–water partition coefficient (Wildman–Crippen LogP) is 3.54. The van der Waals surface area contributed by atoms with Crippen molar-refractivity contribution in [1.29, 1.82) is 0 Å². The molecule has 0 spiro atoms. The van der Waals surface area contributed by atoms with E-state index in [2.05, 4.69) is 20.9 Å². The molecule has 0 aliphatic heterocycles. The Labute approximate surface area is 169 Å². The van der Waals surface area contributed by atoms with E-state index in [0.29, 0.717) is 12.0 Å². The Morgan fingerprint density at radius 2 is 1.86 bits per heavy atom. The summed E-state index contributed by atoms with van der Waals surface area (Å²) in [6.45, 7) is 6.20. The minimum atomic E-state index is -0.0252. The summed E-state index contributed by atoms with van der Waals surface area (Å²) in [5, 5.41) is 9.80. The highest BCUT2D eigenvalue weighted by atomic mass is 16.5. The first-order valence-electron chi connectivity index (χ1n) is 10.3. The largest absolute Gasteiger partial charge is 0.385 e. The zero-order valence-electron chi connectivity index (χ0n) is 17.8. The monoisotopic (exact) mass is 388 g/mol. The molecule has 1 fully saturated rings. The number of methoxy groups -OCH3 is 1. The summed E-state index contributed by atoms with van der Waals surface area (Å²) in [5.74, 6) is 0.827. The number of rotatable bonds is 9. The lowest BCUT2D eigenvalue weighted by Crippen LogP contribution is -2.43. The number of hydrogen-bond acceptors (Lipinski definition) is 3. The van der Waals surface area contributed by atoms with Gasteiger partial charge in [0.2, 0.25) is 5.91 Å². The second-order valence-corrected chi connectivity index (χ2v) is 8.07. The molecule has 6 nitrogen and oxygen atoms in total. The van der Waals surface area contributed by atoms with Crippen molar-refractivity contribution >= 4 is 17.6 Å². The van der Waals surface area contributed by atoms with E-state index in [-0.39, 0.29) is 11.8 Å². The number of aliphatic imine (C=N–C) groups is 1. The maximum atomic E-state index is 11.8. The van der Waals surface area contributed by atoms with E-state index in [1.54, 1.807) is 14.2 Å². The number of ether oxygens (including phenoxy) is 1. The number of anilines is 1. The zero-order chi connectivity index (χ0) is 20.4. The summed E-state index contributed by atoms with van der Waals surface area (Å²) in [5.41, 5.74) is 2.29. The smallest absolute Gasteiger partial charge is 0.226 e. The quantitative estimate of drug-likeness (QED) is 0.447. The molecule has 28 heavy (non-hydrogen) atoms. The molecule has 1 aliphatic rings. The highest BCUT2D eigenvalue weighted by Gasteiger charge is 2.33. The van der Waals surface area contributed by atoms with Crippen molar-refractivity contribution in [2.45, 2.75) is 52.5 Å². The van der Waals surface area contributed by atoms with E-state index in [1.807, 2.05) is 38.1 Å². The fourth-order valence-electron chi connectivity index (χ4n) is 3.63. The van der Waals surface area contributed by atoms with E-state index < -0.39 is 0 Å². The van der Waals surface area contributed by atoms with E-state index >= 15 is 0 Å². The molecule has 0 unspecified atom stereocenters. The number of carbonyl (C=O) groups excluding carboxylic acids is 1. The van der Waals surface area contributed by atoms with Crippen LogP contribution in [0.5, 0.6) is 0 Å². The number of hydrogen-bond donors (Lipinski definition) is 3. The predicted molar refractivity (Wildman–Crippen MR) is 116 cm³/mol. The molecule has 1 aromatic rings. The van der Waals surface area contributed by atoms with Gasteiger partial charge < -0.3 is 20.7 Å². The van der Waals surface area contributed by atoms with Gasteiger partial charge in [0.25, 0.3) is 0 Å². The van der Waals surface area contributed by atoms with Crippen molar-refractivity contribution in [2.24, 2.45) is 16.3 Å². The van der Waals surface area contributed by atoms with Gasteiger partial charge in [-0.05, 0) is 42.4 Å². The summed E-state index contributed by atoms with van der Waals surface area (Å²) in [6.07, 6.45) is 6.21. The Hall–Kier alpha value is -2.08. The first kappa shape index (κ1) is 22.2. The lowest BCUT2D eigenvalue weighted by molar-refractivity contribution is -0.118. The van der Waals surface area contributed by atoms with Crippen LogP contribution in [-0.2, 0) is 16.1 Å². The molecule has 0 saturated heterocycles. The van der Waals surface area contributed by atoms with Crippen LogP contribution in [0.3, 0.4) is 0 Å². The molecule has 0 heterocycles. The molecular formula is C22H36N4O2. The van der Waals surface area contributed by atoms with Crippen LogP contribution < -0.4 is 16.0 Å². The van der Waals surface area contributed by atoms with E-state index in [0.717, 1.165) is 36.8 Å². The Balaban J connectivity index is 1.82. The third-order valence-corrected chi connectivity index (χ3v) is 5.56. The molecule has 3 N–H and O–H groups in total. The average molecular weight is 389 g/mol. The van der Waals surface area contributed by atoms with Crippen LogP contribution in [0.2, 0.25) is 0 Å². The molecular weight excluding hydrogens is 352 g/mol. The first-order valence-corrected chi connectivity index (χ1v) is 10.3. The lowest BCUT2D eigenvalue weighted by Gasteiger charge is -2.30. The van der Waals surface area contributed by atoms with E-state index in [1.165, 1.54) is 25.7 Å². The second-order valence-electron chi connectivity index (χ2n) is 8.07. The minimum absolute atomic E-state index is 0.0252. The van der Waals surface area contributed by atoms with Gasteiger partial charge in [0.15, 0.2) is 5.96 Å². The average Bonchev–Trinajstić information content (AvgIpc) is 3.16. The maximum Gasteiger partial charge on any atom is 0.226 e. The van der Waals surface area contributed by atoms with E-state index in [4.69, 9.17) is 4.74 Å². The van der Waals surface area contributed by atoms with E-state index in [9.17, 15) is 4.79 Å². The standard InChI is InChI=1S/C22H36N4O2/c1-17(2)20(27)26-19-9-7-18(8-10-19)15-24-21(23-3)25-16-22(13-14-28-4)11-5-6-12-22/h7-10,17H,5-6,11-16H2,1-4H3,(H,26,27)(H2,23,24,25). The van der Waals surface area contributed by atoms with Gasteiger partial charge in [0, 0.05) is 45.5 Å². The molecule has 2 rings (SSSR count). The van der Waals surface area contributed by atoms with Crippen molar-refractivity contribution in [2.75, 3.05) is 32.6 Å². The fraction of sp³-hybridized carbons (Fsp3) is 0.636. The third-order valence-electron chi connectivity index (χ3n) is 5.56. The summed E-state index contributed by atoms with van der Waals surface area (Å²) < 4.78 is 5.31. The van der Waals surface area contributed by atoms with Gasteiger partial charge in [-0.1, -0.05) is 38.8 Å². The number of guanidine groups is 1. The van der Waals surface area contributed by atoms with Crippen LogP contribution in [0, 0.1) is 11.3 Å². The van der Waals surface area contributed by atoms with Gasteiger partial charge >= 0.3 is 0 Å². The number of benzene rings is 1. The van der Waals surface area contributed by atoms with Crippen LogP contribution in [0.15, 0.2) is 29.3 Å². The minimum Gasteiger partial charge on any atom is -0.385 e. The van der Waals surface area contributed by atoms with Crippen LogP contribution in [0.1, 0.15) is 51.5 Å². The second kappa shape index (κ2) is 11.1. The van der Waals surface area contributed by atoms with Gasteiger partial charge in [0.05, 0.1) is 0 Å². The van der Waals surface area contributed by atoms with Crippen molar-refractivity contribution in [3.8, 4) is 0 Å². The highest BCUT2D eigenvalue weighted by Crippen LogP contribution is 2.40. The lowest BCUT2D eigenvalue weighted by atomic mass is 9.83. The van der Waals surface area contributed by atoms with Gasteiger partial charge in [0.1, 0.15) is 0 Å². The van der Waals surface area contributed by atoms with Crippen LogP contribution in [-0.4, -0.2) is 39.2 Å². The molecule has 6 heteroatoms. The number of nitrogens with zero attached hydrogens (tertiary/aromatic N) is 1. The zero-order valence-corrected chi connectivity index (χ0v) is 17.8. The van der Waals surface area contributed by atoms with Crippen molar-refractivity contribution in [3.63, 3.8) is 0 Å². The molecule has 1 aliphatic carbocycles. The van der Waals surface area contributed by atoms with Gasteiger partial charge in [-0.15, -0.1) is 0 Å². The molecule has 0 radical (unpaired) electrons. The van der Waals surface area contributed by atoms with Gasteiger partial charge in [-0.3, -0.25) is 9.79 Å². The number of amides is 1. The molecule has 0 atom stereocenters. The molecule has 156 valence electrons. The summed E-state index contributed by atoms with van der Waals surface area (Å²) in [7, 11) is 3.58. The van der Waals surface area contributed by atoms with Gasteiger partial charge in [-0.25, -0.2) is 0 Å². The topological polar surface area (TPSA) is 74.8 Å². The number of carbonyl (C=O) groups is 1. The fourth-order valence-corrected chi connectivity index (χ4v) is 3.63. The Bertz CT molecular complexity index is 634. The van der Waals surface area contributed by atoms with Crippen molar-refractivity contribution in [3.05, 3.63) is 29.8 Å². The molecule has 1 aromatic carbocycles. The SMILES string of the molecule is CN=C(NCc1ccc(NC(=O)C(C)C)cc1)NCC1(CCOC)CCCC1. The van der Waals surface area contributed by atoms with Crippen LogP contribution >= 0.6 is 0 Å². The van der Waals surface area contributed by atoms with Crippen molar-refractivity contribution in [1.82, 2.24) is 10.6 Å². The summed E-state index contributed by atoms with van der Waals surface area (Å²) in [6, 6.07) is 7.91. The maximum absolute atomic E-state index is 11.8. The molecule has 0 aromatic heterocycles. The highest BCUT2D eigenvalue weighted by molar-refractivity contribution is 5.92. The normalized spacial score (nSPS) is 16.2. The molecule has 1 amide bonds. The summed E-state index contributed by atoms with van der Waals surface area (Å²) in [4.78, 5) is 16.1. The summed E-state index contributed by atoms with van der Waals surface area (Å²) >= 11 is 0. The number of nitrogens with one attached hydrogen (secondary N) is 3. The Kier molecular flexibility index (Phi) is 8.77. The van der Waals surface area contributed by atoms with Gasteiger partial charge in [-0.2, -0.15) is 0 Å². The Morgan fingerprint density at radius 1 is 1.18 bits per heavy atom. The van der Waals surface area contributed by atoms with Crippen molar-refractivity contribution < 1.29 is 9.53 Å². The molecule has 0 bridgehead atoms. The Morgan fingerprint density at radius 3 is 2.43 bits per heavy atom. The third kappa shape index (κ3) is 6.82. The van der Waals surface area contributed by atoms with Crippen LogP contribution in [0.4, 0.5) is 5.69 Å². The molecule has 1 saturated carbocycles. The van der Waals surface area contributed by atoms with Crippen LogP contribution in [0.25, 0.3) is 0 Å².